The second-order valence-electron chi connectivity index (χ2n) is 13.0. The SMILES string of the molecule is CC(CC[C@@H](C)[C@H]1CC[C@H]2[C@@H]3CC=C4CC(O)CC[C@]4(C)[C@H]3CC[C@]12C)C(C)(C)O. The molecular weight excluding hydrogens is 368 g/mol. The lowest BCUT2D eigenvalue weighted by Gasteiger charge is -2.58. The Bertz CT molecular complexity index is 660. The van der Waals surface area contributed by atoms with Gasteiger partial charge in [0.2, 0.25) is 0 Å². The molecule has 0 saturated heterocycles. The van der Waals surface area contributed by atoms with Gasteiger partial charge in [-0.15, -0.1) is 0 Å². The van der Waals surface area contributed by atoms with Gasteiger partial charge in [-0.25, -0.2) is 0 Å². The van der Waals surface area contributed by atoms with Gasteiger partial charge in [0.1, 0.15) is 0 Å². The van der Waals surface area contributed by atoms with Gasteiger partial charge < -0.3 is 10.2 Å². The topological polar surface area (TPSA) is 40.5 Å². The number of hydrogen-bond acceptors (Lipinski definition) is 2. The van der Waals surface area contributed by atoms with Gasteiger partial charge >= 0.3 is 0 Å². The van der Waals surface area contributed by atoms with Gasteiger partial charge in [0, 0.05) is 0 Å². The first kappa shape index (κ1) is 22.8. The molecule has 2 N–H and O–H groups in total. The third kappa shape index (κ3) is 3.72. The summed E-state index contributed by atoms with van der Waals surface area (Å²) in [5.41, 5.74) is 1.90. The molecule has 2 heteroatoms. The Kier molecular flexibility index (Phi) is 6.02. The fourth-order valence-corrected chi connectivity index (χ4v) is 8.68. The van der Waals surface area contributed by atoms with Crippen molar-refractivity contribution < 1.29 is 10.2 Å². The molecule has 4 aliphatic carbocycles. The van der Waals surface area contributed by atoms with Crippen molar-refractivity contribution in [3.8, 4) is 0 Å². The zero-order valence-electron chi connectivity index (χ0n) is 20.6. The zero-order chi connectivity index (χ0) is 21.9. The smallest absolute Gasteiger partial charge is 0.0617 e. The standard InChI is InChI=1S/C28H48O2/c1-18(7-8-19(2)26(3,4)30)23-11-12-24-22-10-9-20-17-21(29)13-15-27(20,5)25(22)14-16-28(23,24)6/h9,18-19,21-25,29-30H,7-8,10-17H2,1-6H3/t18-,19?,21?,22+,23-,24+,25+,27+,28-/m1/s1. The molecule has 0 aromatic heterocycles. The number of rotatable bonds is 5. The van der Waals surface area contributed by atoms with Crippen molar-refractivity contribution >= 4 is 0 Å². The minimum absolute atomic E-state index is 0.0993. The quantitative estimate of drug-likeness (QED) is 0.487. The number of hydrogen-bond donors (Lipinski definition) is 2. The maximum atomic E-state index is 10.3. The largest absolute Gasteiger partial charge is 0.393 e. The van der Waals surface area contributed by atoms with Gasteiger partial charge in [0.05, 0.1) is 11.7 Å². The summed E-state index contributed by atoms with van der Waals surface area (Å²) in [7, 11) is 0. The van der Waals surface area contributed by atoms with Crippen LogP contribution in [0, 0.1) is 46.3 Å². The van der Waals surface area contributed by atoms with E-state index in [0.717, 1.165) is 48.9 Å². The van der Waals surface area contributed by atoms with Gasteiger partial charge in [0.15, 0.2) is 0 Å². The van der Waals surface area contributed by atoms with Crippen molar-refractivity contribution in [3.05, 3.63) is 11.6 Å². The van der Waals surface area contributed by atoms with E-state index in [0.29, 0.717) is 16.7 Å². The van der Waals surface area contributed by atoms with Crippen LogP contribution in [0.1, 0.15) is 106 Å². The van der Waals surface area contributed by atoms with Crippen molar-refractivity contribution in [2.24, 2.45) is 46.3 Å². The monoisotopic (exact) mass is 416 g/mol. The number of aliphatic hydroxyl groups excluding tert-OH is 1. The first-order valence-electron chi connectivity index (χ1n) is 13.1. The van der Waals surface area contributed by atoms with Crippen molar-refractivity contribution in [1.82, 2.24) is 0 Å². The highest BCUT2D eigenvalue weighted by atomic mass is 16.3. The van der Waals surface area contributed by atoms with E-state index in [4.69, 9.17) is 0 Å². The molecule has 0 aromatic rings. The molecule has 30 heavy (non-hydrogen) atoms. The molecule has 0 bridgehead atoms. The Balaban J connectivity index is 1.47. The van der Waals surface area contributed by atoms with Crippen molar-refractivity contribution in [3.63, 3.8) is 0 Å². The summed E-state index contributed by atoms with van der Waals surface area (Å²) in [4.78, 5) is 0. The summed E-state index contributed by atoms with van der Waals surface area (Å²) >= 11 is 0. The first-order chi connectivity index (χ1) is 14.0. The summed E-state index contributed by atoms with van der Waals surface area (Å²) in [5, 5.41) is 20.6. The molecule has 0 aromatic carbocycles. The first-order valence-corrected chi connectivity index (χ1v) is 13.1. The summed E-state index contributed by atoms with van der Waals surface area (Å²) in [6.07, 6.45) is 14.9. The molecule has 2 nitrogen and oxygen atoms in total. The van der Waals surface area contributed by atoms with Crippen LogP contribution in [0.2, 0.25) is 0 Å². The minimum atomic E-state index is -0.560. The third-order valence-electron chi connectivity index (χ3n) is 11.1. The average Bonchev–Trinajstić information content (AvgIpc) is 3.03. The fourth-order valence-electron chi connectivity index (χ4n) is 8.68. The molecule has 3 fully saturated rings. The molecule has 3 saturated carbocycles. The lowest BCUT2D eigenvalue weighted by molar-refractivity contribution is -0.0581. The van der Waals surface area contributed by atoms with E-state index in [9.17, 15) is 10.2 Å². The summed E-state index contributed by atoms with van der Waals surface area (Å²) in [6, 6.07) is 0. The molecule has 0 radical (unpaired) electrons. The number of fused-ring (bicyclic) bond motifs is 5. The van der Waals surface area contributed by atoms with Gasteiger partial charge in [-0.1, -0.05) is 45.8 Å². The Hall–Kier alpha value is -0.340. The Labute approximate surface area is 185 Å². The van der Waals surface area contributed by atoms with Gasteiger partial charge in [-0.05, 0) is 118 Å². The summed E-state index contributed by atoms with van der Waals surface area (Å²) in [5.74, 6) is 4.56. The maximum absolute atomic E-state index is 10.3. The van der Waals surface area contributed by atoms with Crippen LogP contribution < -0.4 is 0 Å². The molecule has 0 amide bonds. The van der Waals surface area contributed by atoms with Crippen LogP contribution in [0.25, 0.3) is 0 Å². The summed E-state index contributed by atoms with van der Waals surface area (Å²) in [6.45, 7) is 13.8. The molecule has 4 rings (SSSR count). The van der Waals surface area contributed by atoms with Crippen LogP contribution in [-0.2, 0) is 0 Å². The molecular formula is C28H48O2. The van der Waals surface area contributed by atoms with Gasteiger partial charge in [0.25, 0.3) is 0 Å². The minimum Gasteiger partial charge on any atom is -0.393 e. The van der Waals surface area contributed by atoms with E-state index in [-0.39, 0.29) is 6.10 Å². The van der Waals surface area contributed by atoms with Crippen molar-refractivity contribution in [1.29, 1.82) is 0 Å². The van der Waals surface area contributed by atoms with Crippen LogP contribution in [0.15, 0.2) is 11.6 Å². The van der Waals surface area contributed by atoms with E-state index in [1.807, 2.05) is 13.8 Å². The maximum Gasteiger partial charge on any atom is 0.0617 e. The molecule has 4 aliphatic rings. The predicted molar refractivity (Wildman–Crippen MR) is 125 cm³/mol. The third-order valence-corrected chi connectivity index (χ3v) is 11.1. The molecule has 9 atom stereocenters. The highest BCUT2D eigenvalue weighted by Gasteiger charge is 2.59. The van der Waals surface area contributed by atoms with Crippen LogP contribution in [0.3, 0.4) is 0 Å². The molecule has 0 heterocycles. The second-order valence-corrected chi connectivity index (χ2v) is 13.0. The van der Waals surface area contributed by atoms with Gasteiger partial charge in [-0.3, -0.25) is 0 Å². The van der Waals surface area contributed by atoms with Crippen molar-refractivity contribution in [2.45, 2.75) is 117 Å². The van der Waals surface area contributed by atoms with Gasteiger partial charge in [-0.2, -0.15) is 0 Å². The Morgan fingerprint density at radius 1 is 1.03 bits per heavy atom. The van der Waals surface area contributed by atoms with E-state index >= 15 is 0 Å². The lowest BCUT2D eigenvalue weighted by atomic mass is 9.47. The Morgan fingerprint density at radius 2 is 1.77 bits per heavy atom. The number of aliphatic hydroxyl groups is 2. The highest BCUT2D eigenvalue weighted by Crippen LogP contribution is 2.67. The van der Waals surface area contributed by atoms with Crippen LogP contribution in [0.5, 0.6) is 0 Å². The van der Waals surface area contributed by atoms with E-state index in [2.05, 4.69) is 33.8 Å². The Morgan fingerprint density at radius 3 is 2.47 bits per heavy atom. The second kappa shape index (κ2) is 7.91. The summed E-state index contributed by atoms with van der Waals surface area (Å²) < 4.78 is 0. The van der Waals surface area contributed by atoms with Crippen LogP contribution in [0.4, 0.5) is 0 Å². The molecule has 0 spiro atoms. The number of allylic oxidation sites excluding steroid dienone is 1. The molecule has 172 valence electrons. The van der Waals surface area contributed by atoms with Crippen molar-refractivity contribution in [2.75, 3.05) is 0 Å². The lowest BCUT2D eigenvalue weighted by Crippen LogP contribution is -2.50. The molecule has 0 aliphatic heterocycles. The van der Waals surface area contributed by atoms with Crippen LogP contribution >= 0.6 is 0 Å². The zero-order valence-corrected chi connectivity index (χ0v) is 20.6. The average molecular weight is 417 g/mol. The van der Waals surface area contributed by atoms with Crippen LogP contribution in [-0.4, -0.2) is 21.9 Å². The predicted octanol–water partition coefficient (Wildman–Crippen LogP) is 6.75. The normalized spacial score (nSPS) is 45.7. The fraction of sp³-hybridized carbons (Fsp3) is 0.929. The van der Waals surface area contributed by atoms with E-state index in [1.165, 1.54) is 44.9 Å². The highest BCUT2D eigenvalue weighted by molar-refractivity contribution is 5.25. The van der Waals surface area contributed by atoms with E-state index in [1.54, 1.807) is 5.57 Å². The molecule has 2 unspecified atom stereocenters. The van der Waals surface area contributed by atoms with E-state index < -0.39 is 5.60 Å².